The highest BCUT2D eigenvalue weighted by Crippen LogP contribution is 2.54. The van der Waals surface area contributed by atoms with E-state index >= 15 is 0 Å². The van der Waals surface area contributed by atoms with Crippen LogP contribution in [0.15, 0.2) is 30.3 Å². The van der Waals surface area contributed by atoms with Gasteiger partial charge in [0.1, 0.15) is 0 Å². The zero-order valence-corrected chi connectivity index (χ0v) is 14.0. The Morgan fingerprint density at radius 1 is 1.09 bits per heavy atom. The summed E-state index contributed by atoms with van der Waals surface area (Å²) in [4.78, 5) is 15.1. The predicted octanol–water partition coefficient (Wildman–Crippen LogP) is 3.92. The van der Waals surface area contributed by atoms with Gasteiger partial charge in [-0.05, 0) is 81.5 Å². The van der Waals surface area contributed by atoms with E-state index in [-0.39, 0.29) is 11.8 Å². The van der Waals surface area contributed by atoms with Crippen LogP contribution in [-0.4, -0.2) is 30.4 Å². The lowest BCUT2D eigenvalue weighted by molar-refractivity contribution is -0.121. The largest absolute Gasteiger partial charge is 0.326 e. The van der Waals surface area contributed by atoms with Crippen molar-refractivity contribution in [3.05, 3.63) is 30.3 Å². The molecule has 2 aliphatic carbocycles. The molecule has 1 aromatic rings. The second-order valence-electron chi connectivity index (χ2n) is 8.05. The molecule has 3 heteroatoms. The van der Waals surface area contributed by atoms with Gasteiger partial charge in [0.2, 0.25) is 5.91 Å². The highest BCUT2D eigenvalue weighted by molar-refractivity contribution is 5.92. The van der Waals surface area contributed by atoms with Gasteiger partial charge >= 0.3 is 0 Å². The van der Waals surface area contributed by atoms with Crippen molar-refractivity contribution in [2.24, 2.45) is 17.3 Å². The van der Waals surface area contributed by atoms with Gasteiger partial charge in [0.05, 0.1) is 0 Å². The van der Waals surface area contributed by atoms with E-state index in [9.17, 15) is 4.79 Å². The van der Waals surface area contributed by atoms with Gasteiger partial charge < -0.3 is 10.2 Å². The van der Waals surface area contributed by atoms with Crippen LogP contribution >= 0.6 is 0 Å². The van der Waals surface area contributed by atoms with Crippen LogP contribution in [0.3, 0.4) is 0 Å². The molecule has 124 valence electrons. The van der Waals surface area contributed by atoms with Gasteiger partial charge in [-0.2, -0.15) is 0 Å². The maximum atomic E-state index is 12.4. The molecule has 0 atom stereocenters. The molecule has 3 nitrogen and oxygen atoms in total. The Morgan fingerprint density at radius 3 is 2.39 bits per heavy atom. The van der Waals surface area contributed by atoms with Gasteiger partial charge in [-0.1, -0.05) is 18.2 Å². The Balaban J connectivity index is 1.27. The first-order chi connectivity index (χ1) is 11.2. The van der Waals surface area contributed by atoms with Crippen LogP contribution in [0.25, 0.3) is 0 Å². The third-order valence-corrected chi connectivity index (χ3v) is 6.45. The van der Waals surface area contributed by atoms with Crippen molar-refractivity contribution in [2.75, 3.05) is 25.0 Å². The number of likely N-dealkylation sites (tertiary alicyclic amines) is 1. The Labute approximate surface area is 139 Å². The van der Waals surface area contributed by atoms with Crippen LogP contribution in [0.1, 0.15) is 44.9 Å². The number of carbonyl (C=O) groups excluding carboxylic acids is 1. The number of fused-ring (bicyclic) bond motifs is 2. The average Bonchev–Trinajstić information content (AvgIpc) is 3.17. The molecule has 23 heavy (non-hydrogen) atoms. The molecule has 0 radical (unpaired) electrons. The van der Waals surface area contributed by atoms with Crippen LogP contribution < -0.4 is 5.32 Å². The fraction of sp³-hybridized carbons (Fsp3) is 0.650. The maximum absolute atomic E-state index is 12.4. The number of anilines is 1. The summed E-state index contributed by atoms with van der Waals surface area (Å²) in [6, 6.07) is 9.83. The minimum Gasteiger partial charge on any atom is -0.326 e. The Kier molecular flexibility index (Phi) is 4.14. The molecule has 2 bridgehead atoms. The van der Waals surface area contributed by atoms with E-state index in [1.165, 1.54) is 38.6 Å². The monoisotopic (exact) mass is 312 g/mol. The maximum Gasteiger partial charge on any atom is 0.227 e. The molecule has 4 rings (SSSR count). The fourth-order valence-corrected chi connectivity index (χ4v) is 5.13. The molecular formula is C20H28N2O. The Bertz CT molecular complexity index is 540. The van der Waals surface area contributed by atoms with Gasteiger partial charge in [-0.15, -0.1) is 0 Å². The lowest BCUT2D eigenvalue weighted by Crippen LogP contribution is -2.42. The van der Waals surface area contributed by atoms with Crippen LogP contribution in [0.4, 0.5) is 5.69 Å². The van der Waals surface area contributed by atoms with Crippen LogP contribution in [-0.2, 0) is 4.79 Å². The summed E-state index contributed by atoms with van der Waals surface area (Å²) >= 11 is 0. The SMILES string of the molecule is O=C(Nc1ccccc1)C1CCN(CC23CCC(CC2)C3)CC1. The first kappa shape index (κ1) is 15.2. The van der Waals surface area contributed by atoms with Gasteiger partial charge in [0.25, 0.3) is 0 Å². The summed E-state index contributed by atoms with van der Waals surface area (Å²) in [6.07, 6.45) is 9.34. The van der Waals surface area contributed by atoms with Crippen molar-refractivity contribution in [3.63, 3.8) is 0 Å². The summed E-state index contributed by atoms with van der Waals surface area (Å²) < 4.78 is 0. The molecule has 1 saturated heterocycles. The van der Waals surface area contributed by atoms with Crippen molar-refractivity contribution >= 4 is 11.6 Å². The number of hydrogen-bond acceptors (Lipinski definition) is 2. The van der Waals surface area contributed by atoms with Gasteiger partial charge in [0, 0.05) is 18.2 Å². The molecule has 0 unspecified atom stereocenters. The molecule has 3 fully saturated rings. The number of nitrogens with one attached hydrogen (secondary N) is 1. The summed E-state index contributed by atoms with van der Waals surface area (Å²) in [7, 11) is 0. The van der Waals surface area contributed by atoms with Crippen molar-refractivity contribution in [3.8, 4) is 0 Å². The number of rotatable bonds is 4. The first-order valence-electron chi connectivity index (χ1n) is 9.31. The zero-order valence-electron chi connectivity index (χ0n) is 14.0. The fourth-order valence-electron chi connectivity index (χ4n) is 5.13. The standard InChI is InChI=1S/C20H28N2O/c23-19(21-18-4-2-1-3-5-18)17-8-12-22(13-9-17)15-20-10-6-16(14-20)7-11-20/h1-5,16-17H,6-15H2,(H,21,23). The second kappa shape index (κ2) is 6.27. The van der Waals surface area contributed by atoms with E-state index in [1.54, 1.807) is 0 Å². The molecule has 3 aliphatic rings. The van der Waals surface area contributed by atoms with Crippen molar-refractivity contribution < 1.29 is 4.79 Å². The highest BCUT2D eigenvalue weighted by Gasteiger charge is 2.45. The highest BCUT2D eigenvalue weighted by atomic mass is 16.1. The van der Waals surface area contributed by atoms with E-state index in [2.05, 4.69) is 10.2 Å². The summed E-state index contributed by atoms with van der Waals surface area (Å²) in [6.45, 7) is 3.48. The molecule has 0 aromatic heterocycles. The number of carbonyl (C=O) groups is 1. The molecule has 1 aromatic carbocycles. The van der Waals surface area contributed by atoms with Gasteiger partial charge in [-0.25, -0.2) is 0 Å². The topological polar surface area (TPSA) is 32.3 Å². The first-order valence-corrected chi connectivity index (χ1v) is 9.31. The van der Waals surface area contributed by atoms with Crippen LogP contribution in [0, 0.1) is 17.3 Å². The quantitative estimate of drug-likeness (QED) is 0.914. The van der Waals surface area contributed by atoms with E-state index in [1.807, 2.05) is 30.3 Å². The zero-order chi connectivity index (χ0) is 15.7. The number of amides is 1. The van der Waals surface area contributed by atoms with E-state index in [0.717, 1.165) is 37.5 Å². The number of para-hydroxylation sites is 1. The number of piperidine rings is 1. The van der Waals surface area contributed by atoms with E-state index in [4.69, 9.17) is 0 Å². The number of benzene rings is 1. The average molecular weight is 312 g/mol. The van der Waals surface area contributed by atoms with Crippen molar-refractivity contribution in [1.29, 1.82) is 0 Å². The summed E-state index contributed by atoms with van der Waals surface area (Å²) in [5.41, 5.74) is 1.56. The smallest absolute Gasteiger partial charge is 0.227 e. The lowest BCUT2D eigenvalue weighted by Gasteiger charge is -2.38. The number of nitrogens with zero attached hydrogens (tertiary/aromatic N) is 1. The van der Waals surface area contributed by atoms with E-state index < -0.39 is 0 Å². The van der Waals surface area contributed by atoms with Gasteiger partial charge in [0.15, 0.2) is 0 Å². The van der Waals surface area contributed by atoms with Crippen molar-refractivity contribution in [2.45, 2.75) is 44.9 Å². The molecular weight excluding hydrogens is 284 g/mol. The van der Waals surface area contributed by atoms with Crippen LogP contribution in [0.2, 0.25) is 0 Å². The normalized spacial score (nSPS) is 31.4. The molecule has 2 saturated carbocycles. The molecule has 0 spiro atoms. The molecule has 1 aliphatic heterocycles. The Hall–Kier alpha value is -1.35. The minimum atomic E-state index is 0.184. The number of hydrogen-bond donors (Lipinski definition) is 1. The second-order valence-corrected chi connectivity index (χ2v) is 8.05. The summed E-state index contributed by atoms with van der Waals surface area (Å²) in [5, 5.41) is 3.07. The minimum absolute atomic E-state index is 0.184. The predicted molar refractivity (Wildman–Crippen MR) is 93.2 cm³/mol. The lowest BCUT2D eigenvalue weighted by atomic mass is 9.83. The molecule has 1 heterocycles. The summed E-state index contributed by atoms with van der Waals surface area (Å²) in [5.74, 6) is 1.42. The van der Waals surface area contributed by atoms with Crippen LogP contribution in [0.5, 0.6) is 0 Å². The third-order valence-electron chi connectivity index (χ3n) is 6.45. The molecule has 1 amide bonds. The molecule has 1 N–H and O–H groups in total. The van der Waals surface area contributed by atoms with Crippen molar-refractivity contribution in [1.82, 2.24) is 4.90 Å². The van der Waals surface area contributed by atoms with E-state index in [0.29, 0.717) is 5.41 Å². The van der Waals surface area contributed by atoms with Gasteiger partial charge in [-0.3, -0.25) is 4.79 Å². The Morgan fingerprint density at radius 2 is 1.78 bits per heavy atom. The third kappa shape index (κ3) is 3.30.